The average molecular weight is 211 g/mol. The number of piperidine rings is 1. The second-order valence-electron chi connectivity index (χ2n) is 5.65. The fraction of sp³-hybridized carbons (Fsp3) is 1.00. The zero-order valence-corrected chi connectivity index (χ0v) is 10.2. The number of nitrogens with zero attached hydrogens (tertiary/aromatic N) is 2. The summed E-state index contributed by atoms with van der Waals surface area (Å²) in [6.07, 6.45) is 5.35. The summed E-state index contributed by atoms with van der Waals surface area (Å²) in [5, 5.41) is 0. The Morgan fingerprint density at radius 1 is 1.33 bits per heavy atom. The van der Waals surface area contributed by atoms with Crippen LogP contribution in [0.15, 0.2) is 0 Å². The zero-order chi connectivity index (χ0) is 10.9. The molecule has 1 aliphatic carbocycles. The summed E-state index contributed by atoms with van der Waals surface area (Å²) in [6.45, 7) is 4.61. The van der Waals surface area contributed by atoms with Gasteiger partial charge in [0.25, 0.3) is 0 Å². The van der Waals surface area contributed by atoms with E-state index in [1.54, 1.807) is 0 Å². The average Bonchev–Trinajstić information content (AvgIpc) is 2.99. The molecule has 0 bridgehead atoms. The van der Waals surface area contributed by atoms with Gasteiger partial charge in [-0.2, -0.15) is 0 Å². The quantitative estimate of drug-likeness (QED) is 0.745. The highest BCUT2D eigenvalue weighted by molar-refractivity contribution is 4.97. The molecule has 2 aliphatic rings. The van der Waals surface area contributed by atoms with E-state index in [0.29, 0.717) is 5.41 Å². The maximum Gasteiger partial charge on any atom is 0.0117 e. The molecule has 0 amide bonds. The lowest BCUT2D eigenvalue weighted by molar-refractivity contribution is 0.125. The van der Waals surface area contributed by atoms with Crippen molar-refractivity contribution in [3.05, 3.63) is 0 Å². The fourth-order valence-corrected chi connectivity index (χ4v) is 2.70. The van der Waals surface area contributed by atoms with Gasteiger partial charge in [-0.15, -0.1) is 0 Å². The lowest BCUT2D eigenvalue weighted by Gasteiger charge is -2.36. The summed E-state index contributed by atoms with van der Waals surface area (Å²) in [4.78, 5) is 4.99. The van der Waals surface area contributed by atoms with Crippen LogP contribution in [0, 0.1) is 5.41 Å². The van der Waals surface area contributed by atoms with Crippen molar-refractivity contribution in [2.75, 3.05) is 40.3 Å². The van der Waals surface area contributed by atoms with E-state index >= 15 is 0 Å². The number of hydrogen-bond acceptors (Lipinski definition) is 3. The van der Waals surface area contributed by atoms with Gasteiger partial charge in [-0.1, -0.05) is 0 Å². The Bertz CT molecular complexity index is 205. The maximum atomic E-state index is 5.83. The van der Waals surface area contributed by atoms with Crippen LogP contribution in [0.25, 0.3) is 0 Å². The summed E-state index contributed by atoms with van der Waals surface area (Å²) >= 11 is 0. The van der Waals surface area contributed by atoms with Gasteiger partial charge in [0.15, 0.2) is 0 Å². The van der Waals surface area contributed by atoms with Gasteiger partial charge in [-0.3, -0.25) is 0 Å². The second kappa shape index (κ2) is 4.40. The third-order valence-electron chi connectivity index (χ3n) is 4.29. The van der Waals surface area contributed by atoms with Crippen LogP contribution in [0.3, 0.4) is 0 Å². The predicted octanol–water partition coefficient (Wildman–Crippen LogP) is 0.751. The lowest BCUT2D eigenvalue weighted by Crippen LogP contribution is -2.44. The standard InChI is InChI=1S/C12H25N3/c1-14-7-3-11(4-8-14)15(2)10-12(9-13)5-6-12/h11H,3-10,13H2,1-2H3. The van der Waals surface area contributed by atoms with Crippen LogP contribution < -0.4 is 5.73 Å². The molecular formula is C12H25N3. The lowest BCUT2D eigenvalue weighted by atomic mass is 10.0. The molecule has 1 saturated carbocycles. The van der Waals surface area contributed by atoms with Crippen LogP contribution in [0.4, 0.5) is 0 Å². The fourth-order valence-electron chi connectivity index (χ4n) is 2.70. The van der Waals surface area contributed by atoms with E-state index in [0.717, 1.165) is 12.6 Å². The minimum Gasteiger partial charge on any atom is -0.330 e. The molecule has 0 aromatic rings. The van der Waals surface area contributed by atoms with E-state index < -0.39 is 0 Å². The van der Waals surface area contributed by atoms with Crippen LogP contribution >= 0.6 is 0 Å². The molecule has 2 N–H and O–H groups in total. The van der Waals surface area contributed by atoms with Crippen molar-refractivity contribution in [2.24, 2.45) is 11.1 Å². The minimum atomic E-state index is 0.498. The summed E-state index contributed by atoms with van der Waals surface area (Å²) in [7, 11) is 4.50. The van der Waals surface area contributed by atoms with Gasteiger partial charge in [0.2, 0.25) is 0 Å². The predicted molar refractivity (Wildman–Crippen MR) is 63.9 cm³/mol. The highest BCUT2D eigenvalue weighted by Gasteiger charge is 2.42. The summed E-state index contributed by atoms with van der Waals surface area (Å²) in [5.74, 6) is 0. The maximum absolute atomic E-state index is 5.83. The van der Waals surface area contributed by atoms with E-state index in [-0.39, 0.29) is 0 Å². The molecule has 3 nitrogen and oxygen atoms in total. The summed E-state index contributed by atoms with van der Waals surface area (Å²) in [6, 6.07) is 0.797. The van der Waals surface area contributed by atoms with Crippen LogP contribution in [0.5, 0.6) is 0 Å². The Morgan fingerprint density at radius 3 is 2.40 bits per heavy atom. The molecule has 1 saturated heterocycles. The second-order valence-corrected chi connectivity index (χ2v) is 5.65. The zero-order valence-electron chi connectivity index (χ0n) is 10.2. The first kappa shape index (κ1) is 11.4. The molecule has 0 aromatic carbocycles. The van der Waals surface area contributed by atoms with Crippen molar-refractivity contribution in [2.45, 2.75) is 31.7 Å². The van der Waals surface area contributed by atoms with E-state index in [9.17, 15) is 0 Å². The SMILES string of the molecule is CN1CCC(N(C)CC2(CN)CC2)CC1. The summed E-state index contributed by atoms with van der Waals surface area (Å²) in [5.41, 5.74) is 6.33. The largest absolute Gasteiger partial charge is 0.330 e. The van der Waals surface area contributed by atoms with E-state index in [1.807, 2.05) is 0 Å². The molecule has 0 spiro atoms. The first-order chi connectivity index (χ1) is 7.15. The van der Waals surface area contributed by atoms with Crippen LogP contribution in [-0.2, 0) is 0 Å². The normalized spacial score (nSPS) is 27.2. The molecule has 0 atom stereocenters. The van der Waals surface area contributed by atoms with E-state index in [1.165, 1.54) is 45.3 Å². The van der Waals surface area contributed by atoms with Crippen LogP contribution in [-0.4, -0.2) is 56.1 Å². The molecule has 0 aromatic heterocycles. The molecule has 1 heterocycles. The Labute approximate surface area is 93.6 Å². The first-order valence-corrected chi connectivity index (χ1v) is 6.24. The van der Waals surface area contributed by atoms with Gasteiger partial charge in [-0.25, -0.2) is 0 Å². The van der Waals surface area contributed by atoms with Crippen molar-refractivity contribution in [3.8, 4) is 0 Å². The Hall–Kier alpha value is -0.120. The highest BCUT2D eigenvalue weighted by atomic mass is 15.2. The first-order valence-electron chi connectivity index (χ1n) is 6.24. The van der Waals surface area contributed by atoms with Crippen molar-refractivity contribution >= 4 is 0 Å². The number of hydrogen-bond donors (Lipinski definition) is 1. The van der Waals surface area contributed by atoms with Crippen molar-refractivity contribution in [1.82, 2.24) is 9.80 Å². The monoisotopic (exact) mass is 211 g/mol. The third kappa shape index (κ3) is 2.71. The van der Waals surface area contributed by atoms with Gasteiger partial charge >= 0.3 is 0 Å². The Kier molecular flexibility index (Phi) is 3.33. The smallest absolute Gasteiger partial charge is 0.0117 e. The van der Waals surface area contributed by atoms with Gasteiger partial charge in [0.1, 0.15) is 0 Å². The van der Waals surface area contributed by atoms with E-state index in [4.69, 9.17) is 5.73 Å². The number of rotatable bonds is 4. The topological polar surface area (TPSA) is 32.5 Å². The molecule has 2 fully saturated rings. The van der Waals surface area contributed by atoms with Gasteiger partial charge in [0, 0.05) is 12.6 Å². The molecule has 0 radical (unpaired) electrons. The molecule has 1 aliphatic heterocycles. The third-order valence-corrected chi connectivity index (χ3v) is 4.29. The number of likely N-dealkylation sites (tertiary alicyclic amines) is 1. The highest BCUT2D eigenvalue weighted by Crippen LogP contribution is 2.45. The van der Waals surface area contributed by atoms with Crippen molar-refractivity contribution in [3.63, 3.8) is 0 Å². The molecular weight excluding hydrogens is 186 g/mol. The molecule has 0 unspecified atom stereocenters. The van der Waals surface area contributed by atoms with Crippen LogP contribution in [0.1, 0.15) is 25.7 Å². The van der Waals surface area contributed by atoms with Gasteiger partial charge in [-0.05, 0) is 64.8 Å². The molecule has 2 rings (SSSR count). The van der Waals surface area contributed by atoms with Crippen molar-refractivity contribution < 1.29 is 0 Å². The Balaban J connectivity index is 1.78. The van der Waals surface area contributed by atoms with Crippen molar-refractivity contribution in [1.29, 1.82) is 0 Å². The summed E-state index contributed by atoms with van der Waals surface area (Å²) < 4.78 is 0. The van der Waals surface area contributed by atoms with E-state index in [2.05, 4.69) is 23.9 Å². The molecule has 3 heteroatoms. The number of nitrogens with two attached hydrogens (primary N) is 1. The molecule has 15 heavy (non-hydrogen) atoms. The minimum absolute atomic E-state index is 0.498. The molecule has 88 valence electrons. The Morgan fingerprint density at radius 2 is 1.93 bits per heavy atom. The van der Waals surface area contributed by atoms with Gasteiger partial charge < -0.3 is 15.5 Å². The van der Waals surface area contributed by atoms with Crippen LogP contribution in [0.2, 0.25) is 0 Å². The van der Waals surface area contributed by atoms with Gasteiger partial charge in [0.05, 0.1) is 0 Å².